The molecule has 0 atom stereocenters. The lowest BCUT2D eigenvalue weighted by atomic mass is 10.2. The summed E-state index contributed by atoms with van der Waals surface area (Å²) in [4.78, 5) is 13.9. The highest BCUT2D eigenvalue weighted by atomic mass is 79.9. The van der Waals surface area contributed by atoms with E-state index in [1.54, 1.807) is 18.2 Å². The van der Waals surface area contributed by atoms with Crippen molar-refractivity contribution in [1.29, 1.82) is 0 Å². The molecule has 0 bridgehead atoms. The van der Waals surface area contributed by atoms with Gasteiger partial charge >= 0.3 is 0 Å². The number of benzene rings is 3. The fourth-order valence-electron chi connectivity index (χ4n) is 3.03. The van der Waals surface area contributed by atoms with Crippen molar-refractivity contribution in [3.05, 3.63) is 88.5 Å². The number of thioether (sulfide) groups is 1. The number of fused-ring (bicyclic) bond motifs is 1. The summed E-state index contributed by atoms with van der Waals surface area (Å²) in [5.74, 6) is -0.385. The second kappa shape index (κ2) is 9.76. The second-order valence-electron chi connectivity index (χ2n) is 6.85. The predicted octanol–water partition coefficient (Wildman–Crippen LogP) is 7.80. The summed E-state index contributed by atoms with van der Waals surface area (Å²) in [6.45, 7) is 0. The van der Waals surface area contributed by atoms with Crippen molar-refractivity contribution in [2.45, 2.75) is 15.5 Å². The number of carbonyl (C=O) groups excluding carboxylic acids is 1. The van der Waals surface area contributed by atoms with Gasteiger partial charge < -0.3 is 5.32 Å². The number of amides is 1. The Balaban J connectivity index is 1.67. The zero-order valence-corrected chi connectivity index (χ0v) is 24.0. The average Bonchev–Trinajstić information content (AvgIpc) is 2.73. The molecule has 0 radical (unpaired) electrons. The van der Waals surface area contributed by atoms with E-state index < -0.39 is 9.84 Å². The molecular formula is C22H13Br4NO3S2. The molecule has 3 aromatic rings. The van der Waals surface area contributed by atoms with Gasteiger partial charge in [-0.2, -0.15) is 0 Å². The molecule has 1 aliphatic rings. The van der Waals surface area contributed by atoms with Gasteiger partial charge in [0.1, 0.15) is 0 Å². The van der Waals surface area contributed by atoms with Crippen molar-refractivity contribution in [2.24, 2.45) is 0 Å². The van der Waals surface area contributed by atoms with Crippen LogP contribution >= 0.6 is 75.5 Å². The zero-order valence-electron chi connectivity index (χ0n) is 16.0. The van der Waals surface area contributed by atoms with Crippen LogP contribution in [0.3, 0.4) is 0 Å². The number of hydrogen-bond acceptors (Lipinski definition) is 4. The highest BCUT2D eigenvalue weighted by Crippen LogP contribution is 2.41. The molecular weight excluding hydrogens is 710 g/mol. The molecule has 1 heterocycles. The first-order valence-electron chi connectivity index (χ1n) is 9.10. The largest absolute Gasteiger partial charge is 0.320 e. The molecule has 4 rings (SSSR count). The molecule has 1 amide bonds. The topological polar surface area (TPSA) is 63.2 Å². The molecule has 164 valence electrons. The van der Waals surface area contributed by atoms with E-state index >= 15 is 0 Å². The van der Waals surface area contributed by atoms with E-state index in [-0.39, 0.29) is 16.6 Å². The Morgan fingerprint density at radius 3 is 2.31 bits per heavy atom. The van der Waals surface area contributed by atoms with Crippen LogP contribution in [0.1, 0.15) is 11.1 Å². The van der Waals surface area contributed by atoms with Gasteiger partial charge in [0.2, 0.25) is 0 Å². The van der Waals surface area contributed by atoms with Crippen LogP contribution in [0.5, 0.6) is 0 Å². The maximum atomic E-state index is 13.1. The number of nitrogens with one attached hydrogen (secondary N) is 1. The Kier molecular flexibility index (Phi) is 7.38. The highest BCUT2D eigenvalue weighted by molar-refractivity contribution is 9.11. The SMILES string of the molecule is O=C1Nc2ccc(S(=O)(=O)Cc3c(Br)cccc3Br)cc2S/C1=C\c1ccc(Br)cc1Br. The number of rotatable bonds is 4. The first-order chi connectivity index (χ1) is 15.1. The Morgan fingerprint density at radius 2 is 1.62 bits per heavy atom. The minimum Gasteiger partial charge on any atom is -0.320 e. The number of anilines is 1. The molecule has 0 spiro atoms. The number of hydrogen-bond donors (Lipinski definition) is 1. The van der Waals surface area contributed by atoms with Crippen LogP contribution in [0.2, 0.25) is 0 Å². The van der Waals surface area contributed by atoms with E-state index in [0.717, 1.165) is 23.5 Å². The van der Waals surface area contributed by atoms with Crippen molar-refractivity contribution >= 4 is 103 Å². The molecule has 0 aliphatic carbocycles. The average molecular weight is 723 g/mol. The van der Waals surface area contributed by atoms with Crippen molar-refractivity contribution in [3.63, 3.8) is 0 Å². The third kappa shape index (κ3) is 5.26. The quantitative estimate of drug-likeness (QED) is 0.280. The summed E-state index contributed by atoms with van der Waals surface area (Å²) < 4.78 is 29.5. The smallest absolute Gasteiger partial charge is 0.262 e. The number of sulfone groups is 1. The fraction of sp³-hybridized carbons (Fsp3) is 0.0455. The van der Waals surface area contributed by atoms with Gasteiger partial charge in [-0.1, -0.05) is 87.6 Å². The number of carbonyl (C=O) groups is 1. The van der Waals surface area contributed by atoms with Gasteiger partial charge in [0.05, 0.1) is 21.2 Å². The maximum absolute atomic E-state index is 13.1. The van der Waals surface area contributed by atoms with Gasteiger partial charge in [0, 0.05) is 22.8 Å². The summed E-state index contributed by atoms with van der Waals surface area (Å²) in [6.07, 6.45) is 1.78. The molecule has 32 heavy (non-hydrogen) atoms. The fourth-order valence-corrected chi connectivity index (χ4v) is 8.33. The molecule has 10 heteroatoms. The predicted molar refractivity (Wildman–Crippen MR) is 143 cm³/mol. The first-order valence-corrected chi connectivity index (χ1v) is 14.7. The first kappa shape index (κ1) is 24.2. The Bertz CT molecular complexity index is 1370. The van der Waals surface area contributed by atoms with Crippen LogP contribution in [0.15, 0.2) is 87.2 Å². The summed E-state index contributed by atoms with van der Waals surface area (Å²) in [6, 6.07) is 15.9. The van der Waals surface area contributed by atoms with E-state index in [9.17, 15) is 13.2 Å². The van der Waals surface area contributed by atoms with Gasteiger partial charge in [-0.25, -0.2) is 8.42 Å². The second-order valence-corrected chi connectivity index (χ2v) is 13.4. The van der Waals surface area contributed by atoms with Crippen molar-refractivity contribution in [2.75, 3.05) is 5.32 Å². The Hall–Kier alpha value is -0.910. The lowest BCUT2D eigenvalue weighted by molar-refractivity contribution is -0.112. The van der Waals surface area contributed by atoms with E-state index in [1.165, 1.54) is 17.8 Å². The van der Waals surface area contributed by atoms with Crippen LogP contribution in [-0.2, 0) is 20.4 Å². The van der Waals surface area contributed by atoms with E-state index in [1.807, 2.05) is 36.4 Å². The van der Waals surface area contributed by atoms with Crippen molar-refractivity contribution in [1.82, 2.24) is 0 Å². The molecule has 4 nitrogen and oxygen atoms in total. The zero-order chi connectivity index (χ0) is 23.0. The molecule has 0 aromatic heterocycles. The standard InChI is InChI=1S/C22H13Br4NO3S2/c23-13-5-4-12(18(26)9-13)8-21-22(28)27-19-7-6-14(10-20(19)31-21)32(29,30)11-15-16(24)2-1-3-17(15)25/h1-10H,11H2,(H,27,28)/b21-8-. The minimum absolute atomic E-state index is 0.153. The number of halogens is 4. The molecule has 0 saturated carbocycles. The van der Waals surface area contributed by atoms with Gasteiger partial charge in [-0.3, -0.25) is 4.79 Å². The van der Waals surface area contributed by atoms with Gasteiger partial charge in [0.15, 0.2) is 9.84 Å². The minimum atomic E-state index is -3.61. The van der Waals surface area contributed by atoms with Crippen LogP contribution in [0, 0.1) is 0 Å². The molecule has 0 unspecified atom stereocenters. The molecule has 1 aliphatic heterocycles. The van der Waals surface area contributed by atoms with Crippen molar-refractivity contribution in [3.8, 4) is 0 Å². The van der Waals surface area contributed by atoms with Crippen LogP contribution < -0.4 is 5.32 Å². The van der Waals surface area contributed by atoms with Gasteiger partial charge in [-0.15, -0.1) is 0 Å². The van der Waals surface area contributed by atoms with E-state index in [2.05, 4.69) is 69.0 Å². The molecule has 0 fully saturated rings. The van der Waals surface area contributed by atoms with Crippen LogP contribution in [0.25, 0.3) is 6.08 Å². The molecule has 0 saturated heterocycles. The summed E-state index contributed by atoms with van der Waals surface area (Å²) >= 11 is 15.0. The normalized spacial score (nSPS) is 14.9. The van der Waals surface area contributed by atoms with E-state index in [0.29, 0.717) is 21.1 Å². The molecule has 1 N–H and O–H groups in total. The van der Waals surface area contributed by atoms with Gasteiger partial charge in [-0.05, 0) is 59.7 Å². The van der Waals surface area contributed by atoms with Crippen LogP contribution in [-0.4, -0.2) is 14.3 Å². The summed E-state index contributed by atoms with van der Waals surface area (Å²) in [7, 11) is -3.61. The molecule has 3 aromatic carbocycles. The third-order valence-electron chi connectivity index (χ3n) is 4.65. The Morgan fingerprint density at radius 1 is 0.906 bits per heavy atom. The van der Waals surface area contributed by atoms with Crippen molar-refractivity contribution < 1.29 is 13.2 Å². The van der Waals surface area contributed by atoms with E-state index in [4.69, 9.17) is 0 Å². The summed E-state index contributed by atoms with van der Waals surface area (Å²) in [5.41, 5.74) is 2.09. The Labute approximate surface area is 223 Å². The van der Waals surface area contributed by atoms with Gasteiger partial charge in [0.25, 0.3) is 5.91 Å². The maximum Gasteiger partial charge on any atom is 0.262 e. The van der Waals surface area contributed by atoms with Crippen LogP contribution in [0.4, 0.5) is 5.69 Å². The monoisotopic (exact) mass is 719 g/mol. The lowest BCUT2D eigenvalue weighted by Crippen LogP contribution is -2.17. The lowest BCUT2D eigenvalue weighted by Gasteiger charge is -2.20. The summed E-state index contributed by atoms with van der Waals surface area (Å²) in [5, 5.41) is 2.85. The third-order valence-corrected chi connectivity index (χ3v) is 10.0. The highest BCUT2D eigenvalue weighted by Gasteiger charge is 2.25.